The molecular weight excluding hydrogens is 302 g/mol. The molecule has 0 saturated carbocycles. The molecule has 1 aromatic heterocycles. The van der Waals surface area contributed by atoms with Gasteiger partial charge in [0.05, 0.1) is 5.60 Å². The number of likely N-dealkylation sites (tertiary alicyclic amines) is 2. The molecule has 2 aliphatic heterocycles. The van der Waals surface area contributed by atoms with E-state index in [9.17, 15) is 9.90 Å². The summed E-state index contributed by atoms with van der Waals surface area (Å²) in [6, 6.07) is 3.77. The van der Waals surface area contributed by atoms with Crippen LogP contribution in [0.4, 0.5) is 0 Å². The lowest BCUT2D eigenvalue weighted by atomic mass is 9.85. The number of nitrogens with zero attached hydrogens (tertiary/aromatic N) is 3. The van der Waals surface area contributed by atoms with E-state index in [4.69, 9.17) is 0 Å². The standard InChI is InChI=1S/C19H29N3O2/c1-21-11-3-4-16(15-21)6-7-18(23)22-12-8-19(24,9-13-22)17-5-2-10-20-14-17/h2,5,10,14,16,24H,3-4,6-9,11-13,15H2,1H3/t16-/m0/s1. The molecule has 2 fully saturated rings. The Balaban J connectivity index is 1.47. The highest BCUT2D eigenvalue weighted by atomic mass is 16.3. The quantitative estimate of drug-likeness (QED) is 0.917. The van der Waals surface area contributed by atoms with Gasteiger partial charge in [-0.2, -0.15) is 0 Å². The van der Waals surface area contributed by atoms with Crippen LogP contribution in [0.2, 0.25) is 0 Å². The van der Waals surface area contributed by atoms with E-state index in [0.717, 1.165) is 18.5 Å². The molecule has 0 unspecified atom stereocenters. The van der Waals surface area contributed by atoms with Crippen LogP contribution in [0.3, 0.4) is 0 Å². The second kappa shape index (κ2) is 7.62. The Kier molecular flexibility index (Phi) is 5.51. The first-order valence-electron chi connectivity index (χ1n) is 9.16. The highest BCUT2D eigenvalue weighted by Gasteiger charge is 2.35. The monoisotopic (exact) mass is 331 g/mol. The van der Waals surface area contributed by atoms with Crippen LogP contribution in [-0.4, -0.2) is 59.0 Å². The fraction of sp³-hybridized carbons (Fsp3) is 0.684. The van der Waals surface area contributed by atoms with E-state index >= 15 is 0 Å². The van der Waals surface area contributed by atoms with Crippen LogP contribution in [0.1, 0.15) is 44.1 Å². The summed E-state index contributed by atoms with van der Waals surface area (Å²) < 4.78 is 0. The SMILES string of the molecule is CN1CCC[C@@H](CCC(=O)N2CCC(O)(c3cccnc3)CC2)C1. The average Bonchev–Trinajstić information content (AvgIpc) is 2.61. The van der Waals surface area contributed by atoms with E-state index in [2.05, 4.69) is 16.9 Å². The normalized spacial score (nSPS) is 24.8. The first-order chi connectivity index (χ1) is 11.6. The summed E-state index contributed by atoms with van der Waals surface area (Å²) in [7, 11) is 2.16. The topological polar surface area (TPSA) is 56.7 Å². The van der Waals surface area contributed by atoms with Crippen molar-refractivity contribution < 1.29 is 9.90 Å². The highest BCUT2D eigenvalue weighted by molar-refractivity contribution is 5.76. The molecule has 1 atom stereocenters. The van der Waals surface area contributed by atoms with Crippen molar-refractivity contribution in [3.8, 4) is 0 Å². The summed E-state index contributed by atoms with van der Waals surface area (Å²) in [5, 5.41) is 10.8. The van der Waals surface area contributed by atoms with E-state index in [1.807, 2.05) is 17.0 Å². The number of carbonyl (C=O) groups is 1. The summed E-state index contributed by atoms with van der Waals surface area (Å²) in [5.41, 5.74) is 0.0271. The molecular formula is C19H29N3O2. The van der Waals surface area contributed by atoms with Crippen molar-refractivity contribution in [2.24, 2.45) is 5.92 Å². The lowest BCUT2D eigenvalue weighted by Crippen LogP contribution is -2.45. The third kappa shape index (κ3) is 4.14. The number of aliphatic hydroxyl groups is 1. The minimum absolute atomic E-state index is 0.247. The van der Waals surface area contributed by atoms with Gasteiger partial charge < -0.3 is 14.9 Å². The largest absolute Gasteiger partial charge is 0.385 e. The molecule has 1 amide bonds. The molecule has 3 rings (SSSR count). The van der Waals surface area contributed by atoms with E-state index < -0.39 is 5.60 Å². The van der Waals surface area contributed by atoms with Crippen LogP contribution in [-0.2, 0) is 10.4 Å². The van der Waals surface area contributed by atoms with Crippen LogP contribution in [0, 0.1) is 5.92 Å². The van der Waals surface area contributed by atoms with Gasteiger partial charge in [-0.3, -0.25) is 9.78 Å². The predicted molar refractivity (Wildman–Crippen MR) is 93.4 cm³/mol. The third-order valence-electron chi connectivity index (χ3n) is 5.63. The van der Waals surface area contributed by atoms with Gasteiger partial charge in [0, 0.05) is 44.0 Å². The van der Waals surface area contributed by atoms with Crippen LogP contribution in [0.5, 0.6) is 0 Å². The van der Waals surface area contributed by atoms with Crippen LogP contribution < -0.4 is 0 Å². The van der Waals surface area contributed by atoms with Gasteiger partial charge in [-0.05, 0) is 57.7 Å². The fourth-order valence-corrected chi connectivity index (χ4v) is 4.05. The Morgan fingerprint density at radius 1 is 1.38 bits per heavy atom. The molecule has 5 nitrogen and oxygen atoms in total. The second-order valence-corrected chi connectivity index (χ2v) is 7.46. The Morgan fingerprint density at radius 3 is 2.83 bits per heavy atom. The van der Waals surface area contributed by atoms with E-state index in [0.29, 0.717) is 38.3 Å². The number of hydrogen-bond acceptors (Lipinski definition) is 4. The van der Waals surface area contributed by atoms with Gasteiger partial charge in [0.1, 0.15) is 0 Å². The number of pyridine rings is 1. The maximum atomic E-state index is 12.5. The van der Waals surface area contributed by atoms with Crippen LogP contribution in [0.15, 0.2) is 24.5 Å². The van der Waals surface area contributed by atoms with Gasteiger partial charge in [-0.25, -0.2) is 0 Å². The zero-order valence-corrected chi connectivity index (χ0v) is 14.7. The molecule has 0 spiro atoms. The van der Waals surface area contributed by atoms with E-state index in [-0.39, 0.29) is 5.91 Å². The molecule has 2 aliphatic rings. The molecule has 2 saturated heterocycles. The highest BCUT2D eigenvalue weighted by Crippen LogP contribution is 2.32. The summed E-state index contributed by atoms with van der Waals surface area (Å²) in [6.07, 6.45) is 8.77. The van der Waals surface area contributed by atoms with Gasteiger partial charge >= 0.3 is 0 Å². The lowest BCUT2D eigenvalue weighted by molar-refractivity contribution is -0.136. The second-order valence-electron chi connectivity index (χ2n) is 7.46. The van der Waals surface area contributed by atoms with Crippen molar-refractivity contribution in [3.05, 3.63) is 30.1 Å². The predicted octanol–water partition coefficient (Wildman–Crippen LogP) is 2.01. The number of piperidine rings is 2. The molecule has 3 heterocycles. The molecule has 1 aromatic rings. The fourth-order valence-electron chi connectivity index (χ4n) is 4.05. The maximum Gasteiger partial charge on any atom is 0.222 e. The van der Waals surface area contributed by atoms with Gasteiger partial charge in [-0.15, -0.1) is 0 Å². The number of amides is 1. The first-order valence-corrected chi connectivity index (χ1v) is 9.16. The molecule has 0 radical (unpaired) electrons. The summed E-state index contributed by atoms with van der Waals surface area (Å²) in [4.78, 5) is 20.9. The maximum absolute atomic E-state index is 12.5. The number of carbonyl (C=O) groups excluding carboxylic acids is 1. The Bertz CT molecular complexity index is 541. The van der Waals surface area contributed by atoms with E-state index in [1.165, 1.54) is 19.4 Å². The number of hydrogen-bond donors (Lipinski definition) is 1. The zero-order chi connectivity index (χ0) is 17.0. The molecule has 24 heavy (non-hydrogen) atoms. The number of aromatic nitrogens is 1. The Morgan fingerprint density at radius 2 is 2.17 bits per heavy atom. The molecule has 1 N–H and O–H groups in total. The average molecular weight is 331 g/mol. The molecule has 0 bridgehead atoms. The summed E-state index contributed by atoms with van der Waals surface area (Å²) in [6.45, 7) is 3.57. The van der Waals surface area contributed by atoms with E-state index in [1.54, 1.807) is 12.4 Å². The van der Waals surface area contributed by atoms with Gasteiger partial charge in [0.25, 0.3) is 0 Å². The lowest BCUT2D eigenvalue weighted by Gasteiger charge is -2.38. The van der Waals surface area contributed by atoms with Crippen molar-refractivity contribution in [1.82, 2.24) is 14.8 Å². The Hall–Kier alpha value is -1.46. The van der Waals surface area contributed by atoms with Crippen molar-refractivity contribution >= 4 is 5.91 Å². The smallest absolute Gasteiger partial charge is 0.222 e. The molecule has 5 heteroatoms. The van der Waals surface area contributed by atoms with Gasteiger partial charge in [0.15, 0.2) is 0 Å². The van der Waals surface area contributed by atoms with Crippen molar-refractivity contribution in [1.29, 1.82) is 0 Å². The Labute approximate surface area is 144 Å². The first kappa shape index (κ1) is 17.4. The minimum atomic E-state index is -0.836. The van der Waals surface area contributed by atoms with Crippen molar-refractivity contribution in [3.63, 3.8) is 0 Å². The van der Waals surface area contributed by atoms with Crippen molar-refractivity contribution in [2.45, 2.75) is 44.1 Å². The van der Waals surface area contributed by atoms with Gasteiger partial charge in [0.2, 0.25) is 5.91 Å². The van der Waals surface area contributed by atoms with Crippen LogP contribution >= 0.6 is 0 Å². The molecule has 0 aromatic carbocycles. The van der Waals surface area contributed by atoms with Crippen molar-refractivity contribution in [2.75, 3.05) is 33.2 Å². The third-order valence-corrected chi connectivity index (χ3v) is 5.63. The van der Waals surface area contributed by atoms with Gasteiger partial charge in [-0.1, -0.05) is 6.07 Å². The molecule has 132 valence electrons. The zero-order valence-electron chi connectivity index (χ0n) is 14.7. The summed E-state index contributed by atoms with van der Waals surface area (Å²) in [5.74, 6) is 0.904. The summed E-state index contributed by atoms with van der Waals surface area (Å²) >= 11 is 0. The minimum Gasteiger partial charge on any atom is -0.385 e. The van der Waals surface area contributed by atoms with Crippen LogP contribution in [0.25, 0.3) is 0 Å². The molecule has 0 aliphatic carbocycles. The number of rotatable bonds is 4.